The molecule has 0 spiro atoms. The maximum absolute atomic E-state index is 12.6. The minimum atomic E-state index is -3.49. The summed E-state index contributed by atoms with van der Waals surface area (Å²) in [6.07, 6.45) is 1.75. The van der Waals surface area contributed by atoms with Crippen LogP contribution in [0.3, 0.4) is 0 Å². The fourth-order valence-electron chi connectivity index (χ4n) is 3.23. The number of nitrogens with one attached hydrogen (secondary N) is 1. The Morgan fingerprint density at radius 1 is 1.29 bits per heavy atom. The van der Waals surface area contributed by atoms with Gasteiger partial charge in [0.2, 0.25) is 5.91 Å². The highest BCUT2D eigenvalue weighted by Gasteiger charge is 2.31. The van der Waals surface area contributed by atoms with Gasteiger partial charge in [-0.05, 0) is 48.6 Å². The van der Waals surface area contributed by atoms with Crippen molar-refractivity contribution in [1.29, 1.82) is 0 Å². The quantitative estimate of drug-likeness (QED) is 0.711. The second-order valence-corrected chi connectivity index (χ2v) is 10.6. The summed E-state index contributed by atoms with van der Waals surface area (Å²) >= 11 is 6.93. The molecule has 1 aliphatic heterocycles. The molecule has 2 aromatic rings. The van der Waals surface area contributed by atoms with Crippen LogP contribution in [0.1, 0.15) is 24.8 Å². The first-order valence-electron chi connectivity index (χ1n) is 9.03. The fraction of sp³-hybridized carbons (Fsp3) is 0.421. The maximum atomic E-state index is 12.6. The number of thiophene rings is 1. The summed E-state index contributed by atoms with van der Waals surface area (Å²) < 4.78 is 32.7. The molecule has 9 heteroatoms. The van der Waals surface area contributed by atoms with Crippen LogP contribution >= 0.6 is 22.9 Å². The third-order valence-corrected chi connectivity index (χ3v) is 8.41. The molecule has 6 nitrogen and oxygen atoms in total. The molecule has 28 heavy (non-hydrogen) atoms. The number of nitrogens with zero attached hydrogens (tertiary/aromatic N) is 1. The molecule has 2 heterocycles. The van der Waals surface area contributed by atoms with E-state index in [0.717, 1.165) is 22.6 Å². The molecule has 3 rings (SSSR count). The predicted molar refractivity (Wildman–Crippen MR) is 110 cm³/mol. The molecule has 0 bridgehead atoms. The number of rotatable bonds is 7. The van der Waals surface area contributed by atoms with Gasteiger partial charge < -0.3 is 10.1 Å². The number of halogens is 1. The van der Waals surface area contributed by atoms with Crippen LogP contribution in [0, 0.1) is 5.92 Å². The molecule has 152 valence electrons. The van der Waals surface area contributed by atoms with Crippen LogP contribution in [0.5, 0.6) is 5.75 Å². The summed E-state index contributed by atoms with van der Waals surface area (Å²) in [7, 11) is -1.88. The third-order valence-electron chi connectivity index (χ3n) is 4.81. The van der Waals surface area contributed by atoms with E-state index in [0.29, 0.717) is 43.2 Å². The van der Waals surface area contributed by atoms with Gasteiger partial charge in [0, 0.05) is 26.1 Å². The van der Waals surface area contributed by atoms with Gasteiger partial charge in [0.25, 0.3) is 10.0 Å². The van der Waals surface area contributed by atoms with Crippen molar-refractivity contribution in [3.05, 3.63) is 46.3 Å². The van der Waals surface area contributed by atoms with Crippen LogP contribution in [0.4, 0.5) is 0 Å². The summed E-state index contributed by atoms with van der Waals surface area (Å²) in [6, 6.07) is 10.7. The molecular formula is C19H23ClN2O4S2. The first-order valence-corrected chi connectivity index (χ1v) is 11.7. The van der Waals surface area contributed by atoms with E-state index in [9.17, 15) is 13.2 Å². The number of sulfonamides is 1. The minimum Gasteiger partial charge on any atom is -0.497 e. The van der Waals surface area contributed by atoms with Crippen molar-refractivity contribution in [2.24, 2.45) is 5.92 Å². The van der Waals surface area contributed by atoms with Gasteiger partial charge in [-0.25, -0.2) is 8.42 Å². The molecule has 0 radical (unpaired) electrons. The average Bonchev–Trinajstić information content (AvgIpc) is 3.14. The number of amides is 1. The van der Waals surface area contributed by atoms with Crippen LogP contribution in [0.15, 0.2) is 40.6 Å². The van der Waals surface area contributed by atoms with E-state index in [1.807, 2.05) is 24.3 Å². The highest BCUT2D eigenvalue weighted by Crippen LogP contribution is 2.31. The standard InChI is InChI=1S/C19H23ClN2O4S2/c1-26-16-4-2-3-15(11-16)13-21-18(23)12-14-7-9-22(10-8-14)28(24,25)19-6-5-17(20)27-19/h2-6,11,14H,7-10,12-13H2,1H3,(H,21,23). The van der Waals surface area contributed by atoms with E-state index in [1.54, 1.807) is 19.2 Å². The Bertz CT molecular complexity index is 922. The zero-order chi connectivity index (χ0) is 20.1. The predicted octanol–water partition coefficient (Wildman–Crippen LogP) is 3.52. The van der Waals surface area contributed by atoms with Gasteiger partial charge in [0.15, 0.2) is 0 Å². The van der Waals surface area contributed by atoms with Crippen LogP contribution in [-0.2, 0) is 21.4 Å². The largest absolute Gasteiger partial charge is 0.497 e. The lowest BCUT2D eigenvalue weighted by Crippen LogP contribution is -2.39. The van der Waals surface area contributed by atoms with Gasteiger partial charge in [-0.15, -0.1) is 11.3 Å². The second kappa shape index (κ2) is 9.26. The Labute approximate surface area is 174 Å². The van der Waals surface area contributed by atoms with Gasteiger partial charge in [-0.1, -0.05) is 23.7 Å². The Kier molecular flexibility index (Phi) is 6.98. The van der Waals surface area contributed by atoms with Crippen LogP contribution < -0.4 is 10.1 Å². The van der Waals surface area contributed by atoms with Gasteiger partial charge >= 0.3 is 0 Å². The summed E-state index contributed by atoms with van der Waals surface area (Å²) in [5, 5.41) is 2.93. The van der Waals surface area contributed by atoms with Crippen LogP contribution in [0.2, 0.25) is 4.34 Å². The molecule has 1 saturated heterocycles. The van der Waals surface area contributed by atoms with Crippen molar-refractivity contribution >= 4 is 38.9 Å². The van der Waals surface area contributed by atoms with Crippen molar-refractivity contribution in [2.75, 3.05) is 20.2 Å². The number of carbonyl (C=O) groups is 1. The molecule has 0 atom stereocenters. The lowest BCUT2D eigenvalue weighted by atomic mass is 9.94. The van der Waals surface area contributed by atoms with Gasteiger partial charge in [0.05, 0.1) is 11.4 Å². The summed E-state index contributed by atoms with van der Waals surface area (Å²) in [4.78, 5) is 12.3. The van der Waals surface area contributed by atoms with Crippen LogP contribution in [-0.4, -0.2) is 38.8 Å². The number of methoxy groups -OCH3 is 1. The molecule has 0 aliphatic carbocycles. The van der Waals surface area contributed by atoms with Crippen LogP contribution in [0.25, 0.3) is 0 Å². The Balaban J connectivity index is 1.46. The zero-order valence-corrected chi connectivity index (χ0v) is 17.9. The molecule has 1 aromatic heterocycles. The third kappa shape index (κ3) is 5.26. The lowest BCUT2D eigenvalue weighted by Gasteiger charge is -2.30. The highest BCUT2D eigenvalue weighted by molar-refractivity contribution is 7.91. The summed E-state index contributed by atoms with van der Waals surface area (Å²) in [6.45, 7) is 1.29. The van der Waals surface area contributed by atoms with E-state index in [4.69, 9.17) is 16.3 Å². The van der Waals surface area contributed by atoms with Crippen molar-refractivity contribution in [2.45, 2.75) is 30.0 Å². The monoisotopic (exact) mass is 442 g/mol. The number of benzene rings is 1. The smallest absolute Gasteiger partial charge is 0.252 e. The molecule has 1 N–H and O–H groups in total. The van der Waals surface area contributed by atoms with Gasteiger partial charge in [-0.2, -0.15) is 4.31 Å². The normalized spacial score (nSPS) is 16.1. The molecule has 1 fully saturated rings. The molecular weight excluding hydrogens is 420 g/mol. The number of hydrogen-bond donors (Lipinski definition) is 1. The fourth-order valence-corrected chi connectivity index (χ4v) is 6.34. The van der Waals surface area contributed by atoms with E-state index >= 15 is 0 Å². The van der Waals surface area contributed by atoms with E-state index in [2.05, 4.69) is 5.32 Å². The SMILES string of the molecule is COc1cccc(CNC(=O)CC2CCN(S(=O)(=O)c3ccc(Cl)s3)CC2)c1. The first kappa shape index (κ1) is 21.1. The molecule has 0 saturated carbocycles. The van der Waals surface area contributed by atoms with Crippen molar-refractivity contribution in [3.8, 4) is 5.75 Å². The topological polar surface area (TPSA) is 75.7 Å². The minimum absolute atomic E-state index is 0.0193. The Morgan fingerprint density at radius 3 is 2.68 bits per heavy atom. The highest BCUT2D eigenvalue weighted by atomic mass is 35.5. The van der Waals surface area contributed by atoms with Gasteiger partial charge in [0.1, 0.15) is 9.96 Å². The van der Waals surface area contributed by atoms with E-state index in [1.165, 1.54) is 4.31 Å². The zero-order valence-electron chi connectivity index (χ0n) is 15.6. The first-order chi connectivity index (χ1) is 13.4. The Morgan fingerprint density at radius 2 is 2.04 bits per heavy atom. The number of hydrogen-bond acceptors (Lipinski definition) is 5. The molecule has 1 aromatic carbocycles. The van der Waals surface area contributed by atoms with E-state index in [-0.39, 0.29) is 16.0 Å². The average molecular weight is 443 g/mol. The Hall–Kier alpha value is -1.61. The van der Waals surface area contributed by atoms with E-state index < -0.39 is 10.0 Å². The number of carbonyl (C=O) groups excluding carboxylic acids is 1. The van der Waals surface area contributed by atoms with Crippen molar-refractivity contribution in [3.63, 3.8) is 0 Å². The molecule has 0 unspecified atom stereocenters. The molecule has 1 aliphatic rings. The lowest BCUT2D eigenvalue weighted by molar-refractivity contribution is -0.122. The van der Waals surface area contributed by atoms with Crippen molar-refractivity contribution < 1.29 is 17.9 Å². The van der Waals surface area contributed by atoms with Gasteiger partial charge in [-0.3, -0.25) is 4.79 Å². The molecule has 1 amide bonds. The number of piperidine rings is 1. The number of ether oxygens (including phenoxy) is 1. The second-order valence-electron chi connectivity index (χ2n) is 6.74. The summed E-state index contributed by atoms with van der Waals surface area (Å²) in [5.41, 5.74) is 0.975. The maximum Gasteiger partial charge on any atom is 0.252 e. The van der Waals surface area contributed by atoms with Crippen molar-refractivity contribution in [1.82, 2.24) is 9.62 Å². The summed E-state index contributed by atoms with van der Waals surface area (Å²) in [5.74, 6) is 0.921.